The minimum absolute atomic E-state index is 0.604. The first-order valence-electron chi connectivity index (χ1n) is 6.96. The van der Waals surface area contributed by atoms with Crippen molar-refractivity contribution in [3.63, 3.8) is 0 Å². The van der Waals surface area contributed by atoms with Crippen LogP contribution in [0.3, 0.4) is 0 Å². The Hall–Kier alpha value is -2.36. The van der Waals surface area contributed by atoms with E-state index < -0.39 is 0 Å². The van der Waals surface area contributed by atoms with Crippen LogP contribution in [-0.2, 0) is 7.05 Å². The fourth-order valence-electron chi connectivity index (χ4n) is 2.52. The van der Waals surface area contributed by atoms with Crippen molar-refractivity contribution in [2.45, 2.75) is 18.9 Å². The molecule has 1 aliphatic carbocycles. The second kappa shape index (κ2) is 4.34. The average molecular weight is 264 g/mol. The van der Waals surface area contributed by atoms with E-state index in [2.05, 4.69) is 57.5 Å². The first kappa shape index (κ1) is 11.5. The molecular formula is C16H16N4. The van der Waals surface area contributed by atoms with Crippen LogP contribution in [0.5, 0.6) is 0 Å². The Balaban J connectivity index is 1.72. The van der Waals surface area contributed by atoms with E-state index >= 15 is 0 Å². The fraction of sp³-hybridized carbons (Fsp3) is 0.250. The molecule has 0 aliphatic heterocycles. The normalized spacial score (nSPS) is 14.7. The molecule has 0 amide bonds. The largest absolute Gasteiger partial charge is 0.366 e. The molecule has 2 aromatic heterocycles. The summed E-state index contributed by atoms with van der Waals surface area (Å²) < 4.78 is 2.16. The topological polar surface area (TPSA) is 42.7 Å². The molecule has 1 aromatic carbocycles. The van der Waals surface area contributed by atoms with Crippen LogP contribution in [0.4, 0.5) is 5.82 Å². The van der Waals surface area contributed by atoms with Gasteiger partial charge in [-0.1, -0.05) is 18.2 Å². The third-order valence-corrected chi connectivity index (χ3v) is 3.81. The van der Waals surface area contributed by atoms with Crippen molar-refractivity contribution in [1.29, 1.82) is 0 Å². The maximum Gasteiger partial charge on any atom is 0.148 e. The summed E-state index contributed by atoms with van der Waals surface area (Å²) in [4.78, 5) is 0. The minimum Gasteiger partial charge on any atom is -0.366 e. The van der Waals surface area contributed by atoms with Gasteiger partial charge in [-0.15, -0.1) is 10.2 Å². The molecular weight excluding hydrogens is 248 g/mol. The fourth-order valence-corrected chi connectivity index (χ4v) is 2.52. The van der Waals surface area contributed by atoms with E-state index in [1.165, 1.54) is 23.7 Å². The second-order valence-corrected chi connectivity index (χ2v) is 5.37. The van der Waals surface area contributed by atoms with Gasteiger partial charge in [0.2, 0.25) is 0 Å². The number of benzene rings is 1. The first-order valence-corrected chi connectivity index (χ1v) is 6.96. The van der Waals surface area contributed by atoms with Crippen LogP contribution < -0.4 is 5.32 Å². The van der Waals surface area contributed by atoms with Crippen molar-refractivity contribution < 1.29 is 0 Å². The molecule has 1 N–H and O–H groups in total. The van der Waals surface area contributed by atoms with Gasteiger partial charge < -0.3 is 9.88 Å². The molecule has 100 valence electrons. The summed E-state index contributed by atoms with van der Waals surface area (Å²) in [5, 5.41) is 13.2. The van der Waals surface area contributed by atoms with E-state index in [0.29, 0.717) is 6.04 Å². The zero-order valence-corrected chi connectivity index (χ0v) is 11.4. The summed E-state index contributed by atoms with van der Waals surface area (Å²) in [5.74, 6) is 0.870. The molecule has 1 fully saturated rings. The third kappa shape index (κ3) is 1.93. The lowest BCUT2D eigenvalue weighted by Crippen LogP contribution is -2.04. The van der Waals surface area contributed by atoms with Gasteiger partial charge in [0, 0.05) is 24.0 Å². The zero-order valence-electron chi connectivity index (χ0n) is 11.4. The lowest BCUT2D eigenvalue weighted by molar-refractivity contribution is 0.944. The van der Waals surface area contributed by atoms with E-state index in [4.69, 9.17) is 0 Å². The molecule has 0 bridgehead atoms. The average Bonchev–Trinajstić information content (AvgIpc) is 3.23. The van der Waals surface area contributed by atoms with E-state index in [0.717, 1.165) is 17.2 Å². The Kier molecular flexibility index (Phi) is 2.49. The molecule has 4 heteroatoms. The van der Waals surface area contributed by atoms with E-state index in [-0.39, 0.29) is 0 Å². The van der Waals surface area contributed by atoms with E-state index in [9.17, 15) is 0 Å². The number of hydrogen-bond donors (Lipinski definition) is 1. The lowest BCUT2D eigenvalue weighted by Gasteiger charge is -2.05. The number of fused-ring (bicyclic) bond motifs is 1. The van der Waals surface area contributed by atoms with Crippen molar-refractivity contribution in [2.75, 3.05) is 5.32 Å². The van der Waals surface area contributed by atoms with Gasteiger partial charge in [-0.25, -0.2) is 0 Å². The van der Waals surface area contributed by atoms with Gasteiger partial charge in [-0.3, -0.25) is 0 Å². The van der Waals surface area contributed by atoms with Gasteiger partial charge in [0.1, 0.15) is 11.5 Å². The number of para-hydroxylation sites is 1. The lowest BCUT2D eigenvalue weighted by atomic mass is 10.2. The summed E-state index contributed by atoms with van der Waals surface area (Å²) in [6.45, 7) is 0. The van der Waals surface area contributed by atoms with Crippen LogP contribution in [0.2, 0.25) is 0 Å². The molecule has 1 aliphatic rings. The maximum absolute atomic E-state index is 4.35. The highest BCUT2D eigenvalue weighted by Crippen LogP contribution is 2.27. The second-order valence-electron chi connectivity index (χ2n) is 5.37. The Bertz CT molecular complexity index is 754. The summed E-state index contributed by atoms with van der Waals surface area (Å²) in [5.41, 5.74) is 3.21. The molecule has 0 spiro atoms. The highest BCUT2D eigenvalue weighted by Gasteiger charge is 2.21. The molecule has 0 saturated heterocycles. The highest BCUT2D eigenvalue weighted by molar-refractivity contribution is 5.86. The predicted octanol–water partition coefficient (Wildman–Crippen LogP) is 3.21. The molecule has 4 rings (SSSR count). The number of anilines is 1. The Morgan fingerprint density at radius 2 is 1.95 bits per heavy atom. The van der Waals surface area contributed by atoms with Crippen LogP contribution in [0, 0.1) is 0 Å². The summed E-state index contributed by atoms with van der Waals surface area (Å²) in [7, 11) is 2.07. The van der Waals surface area contributed by atoms with Gasteiger partial charge in [0.05, 0.1) is 5.69 Å². The number of rotatable bonds is 3. The predicted molar refractivity (Wildman–Crippen MR) is 80.6 cm³/mol. The SMILES string of the molecule is Cn1c(-c2ccc(NC3CC3)nn2)cc2ccccc21. The molecule has 2 heterocycles. The van der Waals surface area contributed by atoms with E-state index in [1.807, 2.05) is 12.1 Å². The smallest absolute Gasteiger partial charge is 0.148 e. The van der Waals surface area contributed by atoms with Crippen molar-refractivity contribution in [1.82, 2.24) is 14.8 Å². The molecule has 4 nitrogen and oxygen atoms in total. The number of nitrogens with one attached hydrogen (secondary N) is 1. The minimum atomic E-state index is 0.604. The standard InChI is InChI=1S/C16H16N4/c1-20-14-5-3-2-4-11(14)10-15(20)13-8-9-16(19-18-13)17-12-6-7-12/h2-5,8-10,12H,6-7H2,1H3,(H,17,19). The molecule has 1 saturated carbocycles. The molecule has 0 radical (unpaired) electrons. The summed E-state index contributed by atoms with van der Waals surface area (Å²) in [6.07, 6.45) is 2.49. The monoisotopic (exact) mass is 264 g/mol. The van der Waals surface area contributed by atoms with Gasteiger partial charge in [0.15, 0.2) is 0 Å². The molecule has 3 aromatic rings. The number of aromatic nitrogens is 3. The first-order chi connectivity index (χ1) is 9.81. The summed E-state index contributed by atoms with van der Waals surface area (Å²) in [6, 6.07) is 15.2. The Morgan fingerprint density at radius 3 is 2.65 bits per heavy atom. The van der Waals surface area contributed by atoms with Crippen LogP contribution >= 0.6 is 0 Å². The molecule has 20 heavy (non-hydrogen) atoms. The number of hydrogen-bond acceptors (Lipinski definition) is 3. The van der Waals surface area contributed by atoms with Gasteiger partial charge in [-0.2, -0.15) is 0 Å². The van der Waals surface area contributed by atoms with Crippen LogP contribution in [0.1, 0.15) is 12.8 Å². The molecule has 0 atom stereocenters. The van der Waals surface area contributed by atoms with Crippen molar-refractivity contribution in [3.05, 3.63) is 42.5 Å². The number of aryl methyl sites for hydroxylation is 1. The van der Waals surface area contributed by atoms with Gasteiger partial charge in [0.25, 0.3) is 0 Å². The van der Waals surface area contributed by atoms with Gasteiger partial charge in [-0.05, 0) is 37.1 Å². The molecule has 0 unspecified atom stereocenters. The van der Waals surface area contributed by atoms with E-state index in [1.54, 1.807) is 0 Å². The number of nitrogens with zero attached hydrogens (tertiary/aromatic N) is 3. The Labute approximate surface area is 117 Å². The van der Waals surface area contributed by atoms with Crippen molar-refractivity contribution >= 4 is 16.7 Å². The highest BCUT2D eigenvalue weighted by atomic mass is 15.2. The van der Waals surface area contributed by atoms with Crippen LogP contribution in [-0.4, -0.2) is 20.8 Å². The summed E-state index contributed by atoms with van der Waals surface area (Å²) >= 11 is 0. The van der Waals surface area contributed by atoms with Crippen molar-refractivity contribution in [3.8, 4) is 11.4 Å². The Morgan fingerprint density at radius 1 is 1.10 bits per heavy atom. The third-order valence-electron chi connectivity index (χ3n) is 3.81. The zero-order chi connectivity index (χ0) is 13.5. The van der Waals surface area contributed by atoms with Gasteiger partial charge >= 0.3 is 0 Å². The van der Waals surface area contributed by atoms with Crippen LogP contribution in [0.25, 0.3) is 22.3 Å². The quantitative estimate of drug-likeness (QED) is 0.790. The van der Waals surface area contributed by atoms with Crippen molar-refractivity contribution in [2.24, 2.45) is 7.05 Å². The van der Waals surface area contributed by atoms with Crippen LogP contribution in [0.15, 0.2) is 42.5 Å². The maximum atomic E-state index is 4.35.